The van der Waals surface area contributed by atoms with Crippen LogP contribution in [-0.2, 0) is 11.3 Å². The summed E-state index contributed by atoms with van der Waals surface area (Å²) < 4.78 is 39.5. The minimum Gasteiger partial charge on any atom is -0.493 e. The van der Waals surface area contributed by atoms with Gasteiger partial charge >= 0.3 is 6.61 Å². The number of anilines is 1. The summed E-state index contributed by atoms with van der Waals surface area (Å²) in [5.74, 6) is 0.631. The lowest BCUT2D eigenvalue weighted by atomic mass is 10.2. The normalized spacial score (nSPS) is 14.1. The van der Waals surface area contributed by atoms with Gasteiger partial charge in [-0.05, 0) is 29.8 Å². The van der Waals surface area contributed by atoms with Crippen LogP contribution in [0.1, 0.15) is 15.9 Å². The second kappa shape index (κ2) is 9.32. The van der Waals surface area contributed by atoms with Crippen LogP contribution >= 0.6 is 0 Å². The van der Waals surface area contributed by atoms with Crippen LogP contribution in [0, 0.1) is 0 Å². The molecule has 2 aromatic rings. The SMILES string of the molecule is COc1cc(CNC(=O)c2ccc(N3CCOCC3)nc2)ccc1OC(F)F. The highest BCUT2D eigenvalue weighted by molar-refractivity contribution is 5.94. The van der Waals surface area contributed by atoms with E-state index in [2.05, 4.69) is 19.9 Å². The molecule has 2 heterocycles. The van der Waals surface area contributed by atoms with Gasteiger partial charge in [-0.15, -0.1) is 0 Å². The minimum atomic E-state index is -2.94. The quantitative estimate of drug-likeness (QED) is 0.779. The Morgan fingerprint density at radius 1 is 1.25 bits per heavy atom. The highest BCUT2D eigenvalue weighted by Crippen LogP contribution is 2.29. The molecule has 0 saturated carbocycles. The average Bonchev–Trinajstić information content (AvgIpc) is 2.73. The molecule has 1 aromatic carbocycles. The fraction of sp³-hybridized carbons (Fsp3) is 0.368. The molecule has 1 aliphatic heterocycles. The van der Waals surface area contributed by atoms with Gasteiger partial charge in [-0.1, -0.05) is 6.07 Å². The Labute approximate surface area is 161 Å². The van der Waals surface area contributed by atoms with Gasteiger partial charge in [0.2, 0.25) is 0 Å². The Morgan fingerprint density at radius 2 is 2.04 bits per heavy atom. The maximum Gasteiger partial charge on any atom is 0.387 e. The number of nitrogens with one attached hydrogen (secondary N) is 1. The van der Waals surface area contributed by atoms with Crippen LogP contribution in [0.2, 0.25) is 0 Å². The van der Waals surface area contributed by atoms with Crippen LogP contribution in [0.25, 0.3) is 0 Å². The van der Waals surface area contributed by atoms with E-state index in [9.17, 15) is 13.6 Å². The molecule has 1 saturated heterocycles. The zero-order valence-electron chi connectivity index (χ0n) is 15.4. The molecular formula is C19H21F2N3O4. The second-order valence-electron chi connectivity index (χ2n) is 6.05. The number of aromatic nitrogens is 1. The van der Waals surface area contributed by atoms with Crippen LogP contribution in [0.3, 0.4) is 0 Å². The summed E-state index contributed by atoms with van der Waals surface area (Å²) in [7, 11) is 1.36. The van der Waals surface area contributed by atoms with Gasteiger partial charge in [-0.3, -0.25) is 4.79 Å². The third-order valence-electron chi connectivity index (χ3n) is 4.24. The van der Waals surface area contributed by atoms with E-state index in [0.29, 0.717) is 24.3 Å². The van der Waals surface area contributed by atoms with Crippen LogP contribution in [-0.4, -0.2) is 50.9 Å². The van der Waals surface area contributed by atoms with Crippen LogP contribution in [0.15, 0.2) is 36.5 Å². The van der Waals surface area contributed by atoms with Crippen molar-refractivity contribution >= 4 is 11.7 Å². The Balaban J connectivity index is 1.59. The van der Waals surface area contributed by atoms with E-state index < -0.39 is 6.61 Å². The number of pyridine rings is 1. The first-order valence-electron chi connectivity index (χ1n) is 8.75. The van der Waals surface area contributed by atoms with Gasteiger partial charge in [0.1, 0.15) is 5.82 Å². The van der Waals surface area contributed by atoms with Crippen molar-refractivity contribution in [3.63, 3.8) is 0 Å². The molecule has 0 atom stereocenters. The smallest absolute Gasteiger partial charge is 0.387 e. The minimum absolute atomic E-state index is 0.0597. The van der Waals surface area contributed by atoms with Crippen LogP contribution < -0.4 is 19.7 Å². The van der Waals surface area contributed by atoms with Crippen molar-refractivity contribution in [2.45, 2.75) is 13.2 Å². The topological polar surface area (TPSA) is 72.9 Å². The van der Waals surface area contributed by atoms with Gasteiger partial charge in [0.05, 0.1) is 25.9 Å². The zero-order chi connectivity index (χ0) is 19.9. The first kappa shape index (κ1) is 19.8. The number of ether oxygens (including phenoxy) is 3. The number of methoxy groups -OCH3 is 1. The number of hydrogen-bond acceptors (Lipinski definition) is 6. The third kappa shape index (κ3) is 5.07. The van der Waals surface area contributed by atoms with Gasteiger partial charge in [0.25, 0.3) is 5.91 Å². The molecule has 28 heavy (non-hydrogen) atoms. The van der Waals surface area contributed by atoms with Crippen molar-refractivity contribution in [3.8, 4) is 11.5 Å². The van der Waals surface area contributed by atoms with Crippen molar-refractivity contribution < 1.29 is 27.8 Å². The molecule has 0 unspecified atom stereocenters. The molecule has 150 valence electrons. The molecule has 1 N–H and O–H groups in total. The summed E-state index contributed by atoms with van der Waals surface area (Å²) in [4.78, 5) is 18.8. The Hall–Kier alpha value is -2.94. The molecule has 7 nitrogen and oxygen atoms in total. The first-order chi connectivity index (χ1) is 13.6. The van der Waals surface area contributed by atoms with E-state index in [1.165, 1.54) is 25.4 Å². The largest absolute Gasteiger partial charge is 0.493 e. The molecule has 0 radical (unpaired) electrons. The molecule has 0 spiro atoms. The number of benzene rings is 1. The van der Waals surface area contributed by atoms with E-state index in [0.717, 1.165) is 18.9 Å². The lowest BCUT2D eigenvalue weighted by molar-refractivity contribution is -0.0512. The molecule has 1 fully saturated rings. The molecule has 1 amide bonds. The summed E-state index contributed by atoms with van der Waals surface area (Å²) in [6, 6.07) is 8.02. The Kier molecular flexibility index (Phi) is 6.59. The molecule has 9 heteroatoms. The standard InChI is InChI=1S/C19H21F2N3O4/c1-26-16-10-13(2-4-15(16)28-19(20)21)11-23-18(25)14-3-5-17(22-12-14)24-6-8-27-9-7-24/h2-5,10,12,19H,6-9,11H2,1H3,(H,23,25). The van der Waals surface area contributed by atoms with Gasteiger partial charge in [-0.25, -0.2) is 4.98 Å². The summed E-state index contributed by atoms with van der Waals surface area (Å²) in [5, 5.41) is 2.77. The zero-order valence-corrected chi connectivity index (χ0v) is 15.4. The summed E-state index contributed by atoms with van der Waals surface area (Å²) in [6.45, 7) is 0.128. The number of nitrogens with zero attached hydrogens (tertiary/aromatic N) is 2. The highest BCUT2D eigenvalue weighted by Gasteiger charge is 2.14. The van der Waals surface area contributed by atoms with E-state index in [1.807, 2.05) is 0 Å². The molecular weight excluding hydrogens is 372 g/mol. The first-order valence-corrected chi connectivity index (χ1v) is 8.75. The number of alkyl halides is 2. The summed E-state index contributed by atoms with van der Waals surface area (Å²) in [5.41, 5.74) is 1.12. The van der Waals surface area contributed by atoms with E-state index in [-0.39, 0.29) is 24.0 Å². The van der Waals surface area contributed by atoms with Crippen LogP contribution in [0.4, 0.5) is 14.6 Å². The number of amides is 1. The van der Waals surface area contributed by atoms with Crippen molar-refractivity contribution in [3.05, 3.63) is 47.7 Å². The monoisotopic (exact) mass is 393 g/mol. The molecule has 0 bridgehead atoms. The predicted octanol–water partition coefficient (Wildman–Crippen LogP) is 2.46. The van der Waals surface area contributed by atoms with Crippen molar-refractivity contribution in [2.24, 2.45) is 0 Å². The van der Waals surface area contributed by atoms with Gasteiger partial charge in [0.15, 0.2) is 11.5 Å². The van der Waals surface area contributed by atoms with E-state index >= 15 is 0 Å². The van der Waals surface area contributed by atoms with E-state index in [4.69, 9.17) is 9.47 Å². The van der Waals surface area contributed by atoms with E-state index in [1.54, 1.807) is 18.2 Å². The molecule has 1 aromatic heterocycles. The molecule has 1 aliphatic rings. The van der Waals surface area contributed by atoms with Crippen molar-refractivity contribution in [1.29, 1.82) is 0 Å². The second-order valence-corrected chi connectivity index (χ2v) is 6.05. The molecule has 0 aliphatic carbocycles. The van der Waals surface area contributed by atoms with Gasteiger partial charge in [-0.2, -0.15) is 8.78 Å². The molecule has 3 rings (SSSR count). The maximum absolute atomic E-state index is 12.4. The number of carbonyl (C=O) groups excluding carboxylic acids is 1. The lowest BCUT2D eigenvalue weighted by Crippen LogP contribution is -2.36. The number of carbonyl (C=O) groups is 1. The number of hydrogen-bond donors (Lipinski definition) is 1. The summed E-state index contributed by atoms with van der Waals surface area (Å²) >= 11 is 0. The maximum atomic E-state index is 12.4. The third-order valence-corrected chi connectivity index (χ3v) is 4.24. The highest BCUT2D eigenvalue weighted by atomic mass is 19.3. The average molecular weight is 393 g/mol. The lowest BCUT2D eigenvalue weighted by Gasteiger charge is -2.27. The number of rotatable bonds is 7. The van der Waals surface area contributed by atoms with Gasteiger partial charge in [0, 0.05) is 25.8 Å². The number of halogens is 2. The van der Waals surface area contributed by atoms with Crippen molar-refractivity contribution in [1.82, 2.24) is 10.3 Å². The fourth-order valence-corrected chi connectivity index (χ4v) is 2.80. The Morgan fingerprint density at radius 3 is 2.68 bits per heavy atom. The fourth-order valence-electron chi connectivity index (χ4n) is 2.80. The number of morpholine rings is 1. The van der Waals surface area contributed by atoms with Crippen molar-refractivity contribution in [2.75, 3.05) is 38.3 Å². The Bertz CT molecular complexity index is 796. The van der Waals surface area contributed by atoms with Gasteiger partial charge < -0.3 is 24.4 Å². The predicted molar refractivity (Wildman–Crippen MR) is 98.1 cm³/mol. The van der Waals surface area contributed by atoms with Crippen LogP contribution in [0.5, 0.6) is 11.5 Å². The summed E-state index contributed by atoms with van der Waals surface area (Å²) in [6.07, 6.45) is 1.53.